The van der Waals surface area contributed by atoms with Crippen LogP contribution in [0, 0.1) is 5.92 Å². The molecule has 1 aliphatic heterocycles. The lowest BCUT2D eigenvalue weighted by molar-refractivity contribution is -0.119. The number of primary amides is 1. The van der Waals surface area contributed by atoms with Crippen LogP contribution in [-0.4, -0.2) is 56.5 Å². The van der Waals surface area contributed by atoms with Crippen molar-refractivity contribution in [2.45, 2.75) is 32.2 Å². The van der Waals surface area contributed by atoms with Gasteiger partial charge in [-0.1, -0.05) is 18.2 Å². The van der Waals surface area contributed by atoms with E-state index in [1.165, 1.54) is 5.69 Å². The van der Waals surface area contributed by atoms with Gasteiger partial charge in [-0.15, -0.1) is 0 Å². The number of hydrogen-bond donors (Lipinski definition) is 2. The highest BCUT2D eigenvalue weighted by atomic mass is 16.1. The number of likely N-dealkylation sites (tertiary alicyclic amines) is 1. The Morgan fingerprint density at radius 2 is 2.16 bits per heavy atom. The number of guanidine groups is 1. The molecule has 0 aromatic heterocycles. The number of aliphatic imine (C=N–C) groups is 1. The number of nitrogens with two attached hydrogens (primary N) is 1. The van der Waals surface area contributed by atoms with E-state index in [1.54, 1.807) is 0 Å². The van der Waals surface area contributed by atoms with E-state index in [0.717, 1.165) is 38.4 Å². The quantitative estimate of drug-likeness (QED) is 0.608. The van der Waals surface area contributed by atoms with Crippen LogP contribution in [0.4, 0.5) is 5.69 Å². The summed E-state index contributed by atoms with van der Waals surface area (Å²) in [6, 6.07) is 10.7. The molecule has 1 amide bonds. The number of likely N-dealkylation sites (N-methyl/N-ethyl adjacent to an activating group) is 1. The van der Waals surface area contributed by atoms with Gasteiger partial charge in [-0.25, -0.2) is 0 Å². The molecule has 1 fully saturated rings. The van der Waals surface area contributed by atoms with Crippen molar-refractivity contribution in [3.05, 3.63) is 30.3 Å². The summed E-state index contributed by atoms with van der Waals surface area (Å²) in [6.45, 7) is 4.80. The lowest BCUT2D eigenvalue weighted by atomic mass is 9.95. The number of para-hydroxylation sites is 1. The number of nitrogens with one attached hydrogen (secondary N) is 1. The number of rotatable bonds is 6. The Balaban J connectivity index is 1.88. The maximum Gasteiger partial charge on any atom is 0.217 e. The van der Waals surface area contributed by atoms with Crippen LogP contribution in [0.5, 0.6) is 0 Å². The van der Waals surface area contributed by atoms with Crippen molar-refractivity contribution in [1.29, 1.82) is 0 Å². The van der Waals surface area contributed by atoms with Gasteiger partial charge >= 0.3 is 0 Å². The van der Waals surface area contributed by atoms with E-state index < -0.39 is 0 Å². The summed E-state index contributed by atoms with van der Waals surface area (Å²) in [7, 11) is 3.92. The zero-order chi connectivity index (χ0) is 18.2. The zero-order valence-electron chi connectivity index (χ0n) is 15.6. The third kappa shape index (κ3) is 5.66. The van der Waals surface area contributed by atoms with E-state index in [0.29, 0.717) is 18.4 Å². The summed E-state index contributed by atoms with van der Waals surface area (Å²) in [5.74, 6) is 1.02. The minimum Gasteiger partial charge on any atom is -0.370 e. The molecule has 1 saturated heterocycles. The number of piperidine rings is 1. The SMILES string of the molecule is CN=C(NCC(C)N(C)c1ccccc1)N1CCCC(CC(N)=O)C1. The third-order valence-electron chi connectivity index (χ3n) is 4.90. The summed E-state index contributed by atoms with van der Waals surface area (Å²) in [4.78, 5) is 20.1. The number of anilines is 1. The lowest BCUT2D eigenvalue weighted by Crippen LogP contribution is -2.50. The van der Waals surface area contributed by atoms with Gasteiger partial charge in [-0.05, 0) is 37.8 Å². The van der Waals surface area contributed by atoms with Gasteiger partial charge in [0.25, 0.3) is 0 Å². The van der Waals surface area contributed by atoms with Gasteiger partial charge in [-0.3, -0.25) is 9.79 Å². The predicted octanol–water partition coefficient (Wildman–Crippen LogP) is 1.67. The van der Waals surface area contributed by atoms with E-state index in [-0.39, 0.29) is 5.91 Å². The summed E-state index contributed by atoms with van der Waals surface area (Å²) >= 11 is 0. The Morgan fingerprint density at radius 3 is 2.80 bits per heavy atom. The molecule has 0 saturated carbocycles. The van der Waals surface area contributed by atoms with Crippen LogP contribution in [0.2, 0.25) is 0 Å². The van der Waals surface area contributed by atoms with Crippen LogP contribution < -0.4 is 16.0 Å². The van der Waals surface area contributed by atoms with Crippen molar-refractivity contribution in [2.24, 2.45) is 16.6 Å². The van der Waals surface area contributed by atoms with E-state index >= 15 is 0 Å². The first-order valence-corrected chi connectivity index (χ1v) is 9.03. The number of nitrogens with zero attached hydrogens (tertiary/aromatic N) is 3. The fourth-order valence-electron chi connectivity index (χ4n) is 3.33. The predicted molar refractivity (Wildman–Crippen MR) is 104 cm³/mol. The summed E-state index contributed by atoms with van der Waals surface area (Å²) in [6.07, 6.45) is 2.59. The molecule has 0 bridgehead atoms. The normalized spacial score (nSPS) is 19.4. The second kappa shape index (κ2) is 9.30. The highest BCUT2D eigenvalue weighted by Crippen LogP contribution is 2.19. The van der Waals surface area contributed by atoms with Crippen LogP contribution in [0.1, 0.15) is 26.2 Å². The van der Waals surface area contributed by atoms with Gasteiger partial charge in [0.05, 0.1) is 0 Å². The molecule has 0 aliphatic carbocycles. The van der Waals surface area contributed by atoms with E-state index in [1.807, 2.05) is 13.1 Å². The summed E-state index contributed by atoms with van der Waals surface area (Å²) in [5, 5.41) is 3.48. The van der Waals surface area contributed by atoms with Gasteiger partial charge < -0.3 is 20.9 Å². The largest absolute Gasteiger partial charge is 0.370 e. The Morgan fingerprint density at radius 1 is 1.44 bits per heavy atom. The second-order valence-electron chi connectivity index (χ2n) is 6.85. The molecule has 1 aromatic carbocycles. The number of hydrogen-bond acceptors (Lipinski definition) is 3. The molecule has 2 unspecified atom stereocenters. The Bertz CT molecular complexity index is 574. The Labute approximate surface area is 151 Å². The maximum absolute atomic E-state index is 11.2. The van der Waals surface area contributed by atoms with Crippen molar-refractivity contribution in [3.8, 4) is 0 Å². The molecule has 0 radical (unpaired) electrons. The number of carbonyl (C=O) groups excluding carboxylic acids is 1. The van der Waals surface area contributed by atoms with Crippen molar-refractivity contribution in [2.75, 3.05) is 38.6 Å². The number of benzene rings is 1. The number of amides is 1. The van der Waals surface area contributed by atoms with Crippen LogP contribution in [-0.2, 0) is 4.79 Å². The first-order valence-electron chi connectivity index (χ1n) is 9.03. The van der Waals surface area contributed by atoms with Gasteiger partial charge in [0, 0.05) is 51.9 Å². The van der Waals surface area contributed by atoms with E-state index in [4.69, 9.17) is 5.73 Å². The van der Waals surface area contributed by atoms with Crippen LogP contribution in [0.25, 0.3) is 0 Å². The minimum absolute atomic E-state index is 0.215. The van der Waals surface area contributed by atoms with Gasteiger partial charge in [-0.2, -0.15) is 0 Å². The molecular formula is C19H31N5O. The van der Waals surface area contributed by atoms with E-state index in [2.05, 4.69) is 58.3 Å². The van der Waals surface area contributed by atoms with Crippen molar-refractivity contribution in [3.63, 3.8) is 0 Å². The average molecular weight is 345 g/mol. The molecule has 2 atom stereocenters. The van der Waals surface area contributed by atoms with Crippen LogP contribution >= 0.6 is 0 Å². The monoisotopic (exact) mass is 345 g/mol. The van der Waals surface area contributed by atoms with Crippen molar-refractivity contribution >= 4 is 17.6 Å². The van der Waals surface area contributed by atoms with Crippen LogP contribution in [0.15, 0.2) is 35.3 Å². The smallest absolute Gasteiger partial charge is 0.217 e. The van der Waals surface area contributed by atoms with Crippen molar-refractivity contribution < 1.29 is 4.79 Å². The van der Waals surface area contributed by atoms with Gasteiger partial charge in [0.1, 0.15) is 0 Å². The Hall–Kier alpha value is -2.24. The molecule has 6 nitrogen and oxygen atoms in total. The maximum atomic E-state index is 11.2. The summed E-state index contributed by atoms with van der Waals surface area (Å²) in [5.41, 5.74) is 6.56. The standard InChI is InChI=1S/C19H31N5O/c1-15(23(3)17-9-5-4-6-10-17)13-22-19(21-2)24-11-7-8-16(14-24)12-18(20)25/h4-6,9-10,15-16H,7-8,11-14H2,1-3H3,(H2,20,25)(H,21,22). The molecule has 25 heavy (non-hydrogen) atoms. The molecule has 1 aliphatic rings. The molecule has 2 rings (SSSR count). The molecule has 3 N–H and O–H groups in total. The molecular weight excluding hydrogens is 314 g/mol. The fourth-order valence-corrected chi connectivity index (χ4v) is 3.33. The molecule has 6 heteroatoms. The summed E-state index contributed by atoms with van der Waals surface area (Å²) < 4.78 is 0. The highest BCUT2D eigenvalue weighted by Gasteiger charge is 2.24. The highest BCUT2D eigenvalue weighted by molar-refractivity contribution is 5.80. The fraction of sp³-hybridized carbons (Fsp3) is 0.579. The molecule has 0 spiro atoms. The topological polar surface area (TPSA) is 74.0 Å². The third-order valence-corrected chi connectivity index (χ3v) is 4.90. The average Bonchev–Trinajstić information content (AvgIpc) is 2.62. The minimum atomic E-state index is -0.215. The van der Waals surface area contributed by atoms with E-state index in [9.17, 15) is 4.79 Å². The molecule has 138 valence electrons. The number of carbonyl (C=O) groups is 1. The molecule has 1 aromatic rings. The lowest BCUT2D eigenvalue weighted by Gasteiger charge is -2.35. The second-order valence-corrected chi connectivity index (χ2v) is 6.85. The van der Waals surface area contributed by atoms with Crippen LogP contribution in [0.3, 0.4) is 0 Å². The van der Waals surface area contributed by atoms with Gasteiger partial charge in [0.2, 0.25) is 5.91 Å². The molecule has 1 heterocycles. The zero-order valence-corrected chi connectivity index (χ0v) is 15.6. The van der Waals surface area contributed by atoms with Crippen molar-refractivity contribution in [1.82, 2.24) is 10.2 Å². The Kier molecular flexibility index (Phi) is 7.10. The first kappa shape index (κ1) is 19.1. The first-order chi connectivity index (χ1) is 12.0. The van der Waals surface area contributed by atoms with Gasteiger partial charge in [0.15, 0.2) is 5.96 Å².